The molecule has 0 spiro atoms. The Morgan fingerprint density at radius 1 is 0.969 bits per heavy atom. The second-order valence-corrected chi connectivity index (χ2v) is 8.23. The van der Waals surface area contributed by atoms with Crippen molar-refractivity contribution in [3.05, 3.63) is 98.6 Å². The Labute approximate surface area is 194 Å². The number of carbonyl (C=O) groups excluding carboxylic acids is 1. The molecule has 0 aliphatic carbocycles. The van der Waals surface area contributed by atoms with Crippen LogP contribution in [0.15, 0.2) is 60.2 Å². The van der Waals surface area contributed by atoms with Gasteiger partial charge < -0.3 is 10.1 Å². The van der Waals surface area contributed by atoms with Gasteiger partial charge in [0.1, 0.15) is 24.0 Å². The van der Waals surface area contributed by atoms with Crippen LogP contribution >= 0.6 is 11.6 Å². The molecule has 0 radical (unpaired) electrons. The first-order chi connectivity index (χ1) is 15.3. The number of carbonyl (C=O) groups is 1. The largest absolute Gasteiger partial charge is 0.487 e. The van der Waals surface area contributed by atoms with Crippen molar-refractivity contribution in [1.29, 1.82) is 5.26 Å². The lowest BCUT2D eigenvalue weighted by molar-refractivity contribution is -0.112. The molecule has 3 aromatic carbocycles. The highest BCUT2D eigenvalue weighted by Crippen LogP contribution is 2.27. The van der Waals surface area contributed by atoms with Crippen LogP contribution in [-0.4, -0.2) is 5.91 Å². The number of benzene rings is 3. The summed E-state index contributed by atoms with van der Waals surface area (Å²) in [7, 11) is 0. The first-order valence-corrected chi connectivity index (χ1v) is 10.6. The van der Waals surface area contributed by atoms with Gasteiger partial charge in [-0.3, -0.25) is 4.79 Å². The van der Waals surface area contributed by atoms with Crippen LogP contribution < -0.4 is 10.1 Å². The van der Waals surface area contributed by atoms with Crippen LogP contribution in [0, 0.1) is 39.0 Å². The molecule has 0 fully saturated rings. The lowest BCUT2D eigenvalue weighted by Crippen LogP contribution is -2.13. The van der Waals surface area contributed by atoms with Crippen LogP contribution in [0.25, 0.3) is 6.08 Å². The molecule has 0 heterocycles. The Morgan fingerprint density at radius 2 is 1.66 bits per heavy atom. The van der Waals surface area contributed by atoms with Crippen LogP contribution in [0.5, 0.6) is 5.75 Å². The van der Waals surface area contributed by atoms with Gasteiger partial charge in [0, 0.05) is 5.69 Å². The number of ether oxygens (including phenoxy) is 1. The minimum atomic E-state index is -0.470. The molecule has 1 N–H and O–H groups in total. The number of rotatable bonds is 6. The maximum Gasteiger partial charge on any atom is 0.266 e. The zero-order valence-electron chi connectivity index (χ0n) is 18.6. The van der Waals surface area contributed by atoms with E-state index in [0.717, 1.165) is 16.7 Å². The smallest absolute Gasteiger partial charge is 0.266 e. The number of aryl methyl sites for hydroxylation is 4. The van der Waals surface area contributed by atoms with E-state index >= 15 is 0 Å². The van der Waals surface area contributed by atoms with Gasteiger partial charge in [0.15, 0.2) is 0 Å². The van der Waals surface area contributed by atoms with E-state index in [9.17, 15) is 10.1 Å². The quantitative estimate of drug-likeness (QED) is 0.340. The molecule has 0 atom stereocenters. The molecule has 0 bridgehead atoms. The Bertz CT molecular complexity index is 1240. The number of amides is 1. The maximum absolute atomic E-state index is 12.5. The summed E-state index contributed by atoms with van der Waals surface area (Å²) < 4.78 is 5.85. The fraction of sp³-hybridized carbons (Fsp3) is 0.185. The number of nitrogens with zero attached hydrogens (tertiary/aromatic N) is 1. The predicted octanol–water partition coefficient (Wildman–Crippen LogP) is 6.70. The van der Waals surface area contributed by atoms with Gasteiger partial charge in [0.05, 0.1) is 5.02 Å². The average molecular weight is 445 g/mol. The molecular weight excluding hydrogens is 420 g/mol. The van der Waals surface area contributed by atoms with Crippen LogP contribution in [0.1, 0.15) is 33.4 Å². The summed E-state index contributed by atoms with van der Waals surface area (Å²) in [6.07, 6.45) is 1.51. The summed E-state index contributed by atoms with van der Waals surface area (Å²) >= 11 is 6.38. The lowest BCUT2D eigenvalue weighted by atomic mass is 10.1. The van der Waals surface area contributed by atoms with Crippen molar-refractivity contribution >= 4 is 29.3 Å². The Kier molecular flexibility index (Phi) is 7.35. The number of nitriles is 1. The summed E-state index contributed by atoms with van der Waals surface area (Å²) in [4.78, 5) is 12.5. The molecule has 3 rings (SSSR count). The highest BCUT2D eigenvalue weighted by Gasteiger charge is 2.11. The molecule has 5 heteroatoms. The number of nitrogens with one attached hydrogen (secondary N) is 1. The first-order valence-electron chi connectivity index (χ1n) is 10.3. The van der Waals surface area contributed by atoms with Crippen LogP contribution in [-0.2, 0) is 11.4 Å². The first kappa shape index (κ1) is 23.1. The van der Waals surface area contributed by atoms with Gasteiger partial charge in [-0.05, 0) is 91.4 Å². The van der Waals surface area contributed by atoms with Gasteiger partial charge in [-0.15, -0.1) is 0 Å². The van der Waals surface area contributed by atoms with Crippen molar-refractivity contribution in [2.24, 2.45) is 0 Å². The molecule has 0 aliphatic rings. The Balaban J connectivity index is 1.71. The maximum atomic E-state index is 12.5. The molecule has 0 unspecified atom stereocenters. The van der Waals surface area contributed by atoms with E-state index in [0.29, 0.717) is 28.6 Å². The van der Waals surface area contributed by atoms with Crippen molar-refractivity contribution in [3.63, 3.8) is 0 Å². The molecule has 0 saturated carbocycles. The second-order valence-electron chi connectivity index (χ2n) is 7.82. The number of halogens is 1. The lowest BCUT2D eigenvalue weighted by Gasteiger charge is -2.10. The fourth-order valence-electron chi connectivity index (χ4n) is 3.11. The monoisotopic (exact) mass is 444 g/mol. The predicted molar refractivity (Wildman–Crippen MR) is 130 cm³/mol. The molecule has 32 heavy (non-hydrogen) atoms. The van der Waals surface area contributed by atoms with Crippen molar-refractivity contribution in [2.75, 3.05) is 5.32 Å². The topological polar surface area (TPSA) is 62.1 Å². The second kappa shape index (κ2) is 10.2. The van der Waals surface area contributed by atoms with Crippen molar-refractivity contribution in [3.8, 4) is 11.8 Å². The van der Waals surface area contributed by atoms with Crippen molar-refractivity contribution < 1.29 is 9.53 Å². The van der Waals surface area contributed by atoms with Gasteiger partial charge in [-0.2, -0.15) is 5.26 Å². The van der Waals surface area contributed by atoms with E-state index in [-0.39, 0.29) is 5.57 Å². The average Bonchev–Trinajstić information content (AvgIpc) is 2.76. The molecule has 1 amide bonds. The van der Waals surface area contributed by atoms with Crippen molar-refractivity contribution in [1.82, 2.24) is 0 Å². The van der Waals surface area contributed by atoms with Gasteiger partial charge in [0.2, 0.25) is 0 Å². The molecule has 0 aliphatic heterocycles. The van der Waals surface area contributed by atoms with Crippen LogP contribution in [0.3, 0.4) is 0 Å². The standard InChI is InChI=1S/C27H25ClN2O2/c1-17-5-7-22(11-19(17)3)16-32-26-10-8-21(14-25(26)28)13-23(15-29)27(31)30-24-9-6-18(2)20(4)12-24/h5-14H,16H2,1-4H3,(H,30,31)/b23-13+. The molecule has 0 saturated heterocycles. The van der Waals surface area contributed by atoms with E-state index in [1.54, 1.807) is 18.2 Å². The number of hydrogen-bond acceptors (Lipinski definition) is 3. The SMILES string of the molecule is Cc1ccc(COc2ccc(/C=C(\C#N)C(=O)Nc3ccc(C)c(C)c3)cc2Cl)cc1C. The number of hydrogen-bond donors (Lipinski definition) is 1. The minimum absolute atomic E-state index is 0.0110. The highest BCUT2D eigenvalue weighted by atomic mass is 35.5. The minimum Gasteiger partial charge on any atom is -0.487 e. The summed E-state index contributed by atoms with van der Waals surface area (Å²) in [5, 5.41) is 12.7. The summed E-state index contributed by atoms with van der Waals surface area (Å²) in [6.45, 7) is 8.51. The molecule has 162 valence electrons. The molecular formula is C27H25ClN2O2. The third-order valence-electron chi connectivity index (χ3n) is 5.36. The normalized spacial score (nSPS) is 11.1. The van der Waals surface area contributed by atoms with E-state index in [2.05, 4.69) is 31.3 Å². The summed E-state index contributed by atoms with van der Waals surface area (Å²) in [5.74, 6) is 0.0714. The summed E-state index contributed by atoms with van der Waals surface area (Å²) in [5.41, 5.74) is 6.97. The highest BCUT2D eigenvalue weighted by molar-refractivity contribution is 6.32. The zero-order chi connectivity index (χ0) is 23.3. The van der Waals surface area contributed by atoms with Gasteiger partial charge in [-0.25, -0.2) is 0 Å². The summed E-state index contributed by atoms with van der Waals surface area (Å²) in [6, 6.07) is 18.9. The van der Waals surface area contributed by atoms with E-state index in [1.165, 1.54) is 17.2 Å². The number of anilines is 1. The van der Waals surface area contributed by atoms with Crippen LogP contribution in [0.2, 0.25) is 5.02 Å². The Morgan fingerprint density at radius 3 is 2.28 bits per heavy atom. The zero-order valence-corrected chi connectivity index (χ0v) is 19.4. The molecule has 4 nitrogen and oxygen atoms in total. The van der Waals surface area contributed by atoms with Gasteiger partial charge in [-0.1, -0.05) is 41.9 Å². The molecule has 3 aromatic rings. The third-order valence-corrected chi connectivity index (χ3v) is 5.66. The van der Waals surface area contributed by atoms with E-state index in [1.807, 2.05) is 44.2 Å². The fourth-order valence-corrected chi connectivity index (χ4v) is 3.35. The van der Waals surface area contributed by atoms with Crippen molar-refractivity contribution in [2.45, 2.75) is 34.3 Å². The molecule has 0 aromatic heterocycles. The Hall–Kier alpha value is -3.55. The van der Waals surface area contributed by atoms with E-state index in [4.69, 9.17) is 16.3 Å². The third kappa shape index (κ3) is 5.78. The van der Waals surface area contributed by atoms with E-state index < -0.39 is 5.91 Å². The van der Waals surface area contributed by atoms with Gasteiger partial charge in [0.25, 0.3) is 5.91 Å². The van der Waals surface area contributed by atoms with Gasteiger partial charge >= 0.3 is 0 Å². The van der Waals surface area contributed by atoms with Crippen LogP contribution in [0.4, 0.5) is 5.69 Å².